The first-order valence-electron chi connectivity index (χ1n) is 5.95. The van der Waals surface area contributed by atoms with E-state index in [-0.39, 0.29) is 13.1 Å². The summed E-state index contributed by atoms with van der Waals surface area (Å²) in [6.07, 6.45) is -5.36. The number of halogens is 3. The Labute approximate surface area is 114 Å². The van der Waals surface area contributed by atoms with Crippen LogP contribution >= 0.6 is 0 Å². The van der Waals surface area contributed by atoms with Crippen molar-refractivity contribution >= 4 is 12.0 Å². The fourth-order valence-electron chi connectivity index (χ4n) is 1.86. The van der Waals surface area contributed by atoms with E-state index in [0.717, 1.165) is 4.90 Å². The number of urea groups is 1. The van der Waals surface area contributed by atoms with Gasteiger partial charge in [0.1, 0.15) is 12.2 Å². The summed E-state index contributed by atoms with van der Waals surface area (Å²) in [5.41, 5.74) is -0.751. The minimum Gasteiger partial charge on any atom is -0.480 e. The molecule has 1 aliphatic heterocycles. The highest BCUT2D eigenvalue weighted by Crippen LogP contribution is 2.26. The molecule has 0 aliphatic carbocycles. The number of hydrogen-bond donors (Lipinski definition) is 1. The van der Waals surface area contributed by atoms with Crippen molar-refractivity contribution in [3.8, 4) is 0 Å². The summed E-state index contributed by atoms with van der Waals surface area (Å²) in [5.74, 6) is -1.11. The van der Waals surface area contributed by atoms with Crippen molar-refractivity contribution in [2.45, 2.75) is 25.1 Å². The lowest BCUT2D eigenvalue weighted by molar-refractivity contribution is -0.160. The second-order valence-corrected chi connectivity index (χ2v) is 5.06. The lowest BCUT2D eigenvalue weighted by Crippen LogP contribution is -2.65. The van der Waals surface area contributed by atoms with E-state index in [9.17, 15) is 22.8 Å². The smallest absolute Gasteiger partial charge is 0.390 e. The molecule has 1 N–H and O–H groups in total. The van der Waals surface area contributed by atoms with Crippen LogP contribution < -0.4 is 0 Å². The number of alkyl halides is 3. The van der Waals surface area contributed by atoms with Crippen LogP contribution in [0.15, 0.2) is 0 Å². The minimum absolute atomic E-state index is 0.162. The predicted molar refractivity (Wildman–Crippen MR) is 62.3 cm³/mol. The quantitative estimate of drug-likeness (QED) is 0.827. The largest absolute Gasteiger partial charge is 0.480 e. The highest BCUT2D eigenvalue weighted by molar-refractivity contribution is 5.75. The Morgan fingerprint density at radius 3 is 2.40 bits per heavy atom. The molecule has 1 aliphatic rings. The Kier molecular flexibility index (Phi) is 4.85. The molecule has 9 heteroatoms. The molecular formula is C11H17F3N2O4. The third-order valence-corrected chi connectivity index (χ3v) is 2.92. The summed E-state index contributed by atoms with van der Waals surface area (Å²) < 4.78 is 41.3. The second-order valence-electron chi connectivity index (χ2n) is 5.06. The van der Waals surface area contributed by atoms with Crippen LogP contribution in [0.4, 0.5) is 18.0 Å². The van der Waals surface area contributed by atoms with Crippen LogP contribution in [0, 0.1) is 0 Å². The average Bonchev–Trinajstić information content (AvgIpc) is 2.28. The van der Waals surface area contributed by atoms with Crippen molar-refractivity contribution < 1.29 is 32.6 Å². The van der Waals surface area contributed by atoms with Crippen molar-refractivity contribution in [1.82, 2.24) is 9.80 Å². The molecule has 0 aromatic carbocycles. The van der Waals surface area contributed by atoms with Crippen molar-refractivity contribution in [2.75, 3.05) is 33.3 Å². The minimum atomic E-state index is -4.30. The number of carboxylic acid groups (broad SMARTS) is 1. The number of carbonyl (C=O) groups is 2. The monoisotopic (exact) mass is 298 g/mol. The van der Waals surface area contributed by atoms with Gasteiger partial charge < -0.3 is 19.6 Å². The van der Waals surface area contributed by atoms with Crippen LogP contribution in [-0.4, -0.2) is 72.0 Å². The molecule has 116 valence electrons. The Bertz CT molecular complexity index is 380. The molecule has 1 heterocycles. The van der Waals surface area contributed by atoms with Gasteiger partial charge in [-0.15, -0.1) is 0 Å². The molecule has 1 rings (SSSR count). The van der Waals surface area contributed by atoms with Crippen molar-refractivity contribution in [2.24, 2.45) is 0 Å². The number of carbonyl (C=O) groups excluding carboxylic acids is 1. The van der Waals surface area contributed by atoms with Crippen LogP contribution in [-0.2, 0) is 9.53 Å². The molecule has 0 unspecified atom stereocenters. The van der Waals surface area contributed by atoms with E-state index in [1.54, 1.807) is 6.92 Å². The fraction of sp³-hybridized carbons (Fsp3) is 0.818. The molecule has 20 heavy (non-hydrogen) atoms. The van der Waals surface area contributed by atoms with Gasteiger partial charge in [-0.05, 0) is 6.92 Å². The Morgan fingerprint density at radius 2 is 1.95 bits per heavy atom. The standard InChI is InChI=1S/C11H17F3N2O4/c1-10(20-5-8(17)18)6-16(7-10)9(19)15(2)4-3-11(12,13)14/h3-7H2,1-2H3,(H,17,18). The van der Waals surface area contributed by atoms with Gasteiger partial charge in [0, 0.05) is 13.6 Å². The first kappa shape index (κ1) is 16.5. The maximum atomic E-state index is 12.0. The molecule has 0 saturated carbocycles. The topological polar surface area (TPSA) is 70.1 Å². The van der Waals surface area contributed by atoms with Crippen molar-refractivity contribution in [3.63, 3.8) is 0 Å². The fourth-order valence-corrected chi connectivity index (χ4v) is 1.86. The van der Waals surface area contributed by atoms with Gasteiger partial charge in [0.15, 0.2) is 0 Å². The summed E-state index contributed by atoms with van der Waals surface area (Å²) in [5, 5.41) is 8.49. The SMILES string of the molecule is CN(CCC(F)(F)F)C(=O)N1CC(C)(OCC(=O)O)C1. The summed E-state index contributed by atoms with van der Waals surface area (Å²) >= 11 is 0. The molecule has 0 bridgehead atoms. The number of rotatable bonds is 5. The average molecular weight is 298 g/mol. The maximum Gasteiger partial charge on any atom is 0.390 e. The third kappa shape index (κ3) is 4.87. The van der Waals surface area contributed by atoms with E-state index >= 15 is 0 Å². The number of aliphatic carboxylic acids is 1. The molecule has 0 aromatic heterocycles. The molecule has 0 atom stereocenters. The van der Waals surface area contributed by atoms with Crippen LogP contribution in [0.3, 0.4) is 0 Å². The van der Waals surface area contributed by atoms with Gasteiger partial charge in [0.2, 0.25) is 0 Å². The van der Waals surface area contributed by atoms with E-state index in [1.807, 2.05) is 0 Å². The summed E-state index contributed by atoms with van der Waals surface area (Å²) in [7, 11) is 1.29. The van der Waals surface area contributed by atoms with E-state index in [0.29, 0.717) is 0 Å². The molecule has 1 fully saturated rings. The predicted octanol–water partition coefficient (Wildman–Crippen LogP) is 1.17. The molecule has 2 amide bonds. The second kappa shape index (κ2) is 5.86. The number of hydrogen-bond acceptors (Lipinski definition) is 3. The van der Waals surface area contributed by atoms with E-state index in [4.69, 9.17) is 9.84 Å². The third-order valence-electron chi connectivity index (χ3n) is 2.92. The molecule has 0 aromatic rings. The van der Waals surface area contributed by atoms with Gasteiger partial charge in [-0.1, -0.05) is 0 Å². The highest BCUT2D eigenvalue weighted by Gasteiger charge is 2.43. The number of amides is 2. The number of nitrogens with zero attached hydrogens (tertiary/aromatic N) is 2. The van der Waals surface area contributed by atoms with Gasteiger partial charge >= 0.3 is 18.2 Å². The molecule has 0 spiro atoms. The molecular weight excluding hydrogens is 281 g/mol. The number of ether oxygens (including phenoxy) is 1. The van der Waals surface area contributed by atoms with Gasteiger partial charge in [-0.2, -0.15) is 13.2 Å². The summed E-state index contributed by atoms with van der Waals surface area (Å²) in [6.45, 7) is 1.09. The van der Waals surface area contributed by atoms with Gasteiger partial charge in [-0.25, -0.2) is 9.59 Å². The lowest BCUT2D eigenvalue weighted by Gasteiger charge is -2.48. The van der Waals surface area contributed by atoms with Crippen molar-refractivity contribution in [3.05, 3.63) is 0 Å². The van der Waals surface area contributed by atoms with Gasteiger partial charge in [0.05, 0.1) is 19.5 Å². The van der Waals surface area contributed by atoms with Crippen LogP contribution in [0.25, 0.3) is 0 Å². The van der Waals surface area contributed by atoms with Gasteiger partial charge in [-0.3, -0.25) is 0 Å². The Hall–Kier alpha value is -1.51. The highest BCUT2D eigenvalue weighted by atomic mass is 19.4. The Balaban J connectivity index is 2.35. The zero-order valence-corrected chi connectivity index (χ0v) is 11.2. The van der Waals surface area contributed by atoms with Crippen LogP contribution in [0.1, 0.15) is 13.3 Å². The van der Waals surface area contributed by atoms with E-state index in [2.05, 4.69) is 0 Å². The zero-order valence-electron chi connectivity index (χ0n) is 11.2. The van der Waals surface area contributed by atoms with Gasteiger partial charge in [0.25, 0.3) is 0 Å². The lowest BCUT2D eigenvalue weighted by atomic mass is 9.97. The van der Waals surface area contributed by atoms with Crippen LogP contribution in [0.5, 0.6) is 0 Å². The molecule has 1 saturated heterocycles. The first-order chi connectivity index (χ1) is 9.02. The summed E-state index contributed by atoms with van der Waals surface area (Å²) in [6, 6.07) is -0.523. The van der Waals surface area contributed by atoms with E-state index < -0.39 is 43.4 Å². The number of carboxylic acids is 1. The number of likely N-dealkylation sites (tertiary alicyclic amines) is 1. The zero-order chi connectivity index (χ0) is 15.6. The maximum absolute atomic E-state index is 12.0. The Morgan fingerprint density at radius 1 is 1.40 bits per heavy atom. The normalized spacial score (nSPS) is 17.6. The molecule has 0 radical (unpaired) electrons. The summed E-state index contributed by atoms with van der Waals surface area (Å²) in [4.78, 5) is 24.5. The van der Waals surface area contributed by atoms with E-state index in [1.165, 1.54) is 11.9 Å². The van der Waals surface area contributed by atoms with Crippen molar-refractivity contribution in [1.29, 1.82) is 0 Å². The van der Waals surface area contributed by atoms with Crippen LogP contribution in [0.2, 0.25) is 0 Å². The molecule has 6 nitrogen and oxygen atoms in total. The first-order valence-corrected chi connectivity index (χ1v) is 5.95.